The lowest BCUT2D eigenvalue weighted by molar-refractivity contribution is 0.296. The normalized spacial score (nSPS) is 10.8. The van der Waals surface area contributed by atoms with Gasteiger partial charge in [0.2, 0.25) is 0 Å². The summed E-state index contributed by atoms with van der Waals surface area (Å²) in [5, 5.41) is 0. The van der Waals surface area contributed by atoms with E-state index in [9.17, 15) is 0 Å². The van der Waals surface area contributed by atoms with Gasteiger partial charge in [0.25, 0.3) is 0 Å². The zero-order chi connectivity index (χ0) is 12.0. The van der Waals surface area contributed by atoms with Crippen LogP contribution in [-0.4, -0.2) is 6.61 Å². The first-order valence-electron chi connectivity index (χ1n) is 5.60. The molecule has 0 radical (unpaired) electrons. The number of benzene rings is 1. The number of hydrogen-bond donors (Lipinski definition) is 0. The van der Waals surface area contributed by atoms with Crippen molar-refractivity contribution < 1.29 is 4.74 Å². The fourth-order valence-electron chi connectivity index (χ4n) is 1.42. The Morgan fingerprint density at radius 1 is 1.38 bits per heavy atom. The minimum Gasteiger partial charge on any atom is -0.492 e. The monoisotopic (exact) mass is 304 g/mol. The molecule has 0 spiro atoms. The molecule has 0 aromatic heterocycles. The van der Waals surface area contributed by atoms with Crippen molar-refractivity contribution in [3.8, 4) is 5.75 Å². The highest BCUT2D eigenvalue weighted by Gasteiger charge is 2.02. The molecule has 0 aliphatic carbocycles. The highest BCUT2D eigenvalue weighted by atomic mass is 79.9. The Kier molecular flexibility index (Phi) is 6.22. The van der Waals surface area contributed by atoms with Crippen LogP contribution in [0.4, 0.5) is 0 Å². The van der Waals surface area contributed by atoms with Crippen molar-refractivity contribution in [3.63, 3.8) is 0 Å². The Labute approximate surface area is 111 Å². The summed E-state index contributed by atoms with van der Waals surface area (Å²) in [5.74, 6) is 2.18. The van der Waals surface area contributed by atoms with E-state index in [0.717, 1.165) is 34.7 Å². The van der Waals surface area contributed by atoms with Gasteiger partial charge in [0.15, 0.2) is 0 Å². The van der Waals surface area contributed by atoms with Crippen LogP contribution in [0.1, 0.15) is 32.3 Å². The van der Waals surface area contributed by atoms with Crippen molar-refractivity contribution in [3.05, 3.63) is 28.2 Å². The van der Waals surface area contributed by atoms with E-state index in [1.54, 1.807) is 0 Å². The van der Waals surface area contributed by atoms with Gasteiger partial charge in [-0.3, -0.25) is 0 Å². The third-order valence-corrected chi connectivity index (χ3v) is 3.26. The molecule has 1 rings (SSSR count). The lowest BCUT2D eigenvalue weighted by Gasteiger charge is -2.10. The molecule has 0 unspecified atom stereocenters. The van der Waals surface area contributed by atoms with E-state index in [2.05, 4.69) is 29.8 Å². The number of halogens is 2. The molecule has 0 aliphatic rings. The Balaban J connectivity index is 2.42. The zero-order valence-corrected chi connectivity index (χ0v) is 12.1. The van der Waals surface area contributed by atoms with Gasteiger partial charge in [-0.2, -0.15) is 0 Å². The summed E-state index contributed by atoms with van der Waals surface area (Å²) in [6.07, 6.45) is 2.30. The molecule has 0 amide bonds. The van der Waals surface area contributed by atoms with Crippen LogP contribution in [-0.2, 0) is 5.88 Å². The number of ether oxygens (including phenoxy) is 1. The van der Waals surface area contributed by atoms with Crippen molar-refractivity contribution in [2.45, 2.75) is 32.6 Å². The highest BCUT2D eigenvalue weighted by molar-refractivity contribution is 9.10. The zero-order valence-electron chi connectivity index (χ0n) is 9.80. The third-order valence-electron chi connectivity index (χ3n) is 2.33. The maximum atomic E-state index is 5.75. The summed E-state index contributed by atoms with van der Waals surface area (Å²) in [4.78, 5) is 0. The van der Waals surface area contributed by atoms with Gasteiger partial charge >= 0.3 is 0 Å². The summed E-state index contributed by atoms with van der Waals surface area (Å²) in [5.41, 5.74) is 1.10. The van der Waals surface area contributed by atoms with E-state index in [-0.39, 0.29) is 0 Å². The molecule has 16 heavy (non-hydrogen) atoms. The van der Waals surface area contributed by atoms with Crippen LogP contribution in [0.25, 0.3) is 0 Å². The second kappa shape index (κ2) is 7.18. The van der Waals surface area contributed by atoms with Gasteiger partial charge in [0, 0.05) is 5.88 Å². The summed E-state index contributed by atoms with van der Waals surface area (Å²) in [6.45, 7) is 5.23. The van der Waals surface area contributed by atoms with Crippen molar-refractivity contribution in [1.29, 1.82) is 0 Å². The summed E-state index contributed by atoms with van der Waals surface area (Å²) < 4.78 is 6.68. The number of alkyl halides is 1. The molecule has 0 fully saturated rings. The maximum absolute atomic E-state index is 5.75. The maximum Gasteiger partial charge on any atom is 0.133 e. The Morgan fingerprint density at radius 2 is 2.12 bits per heavy atom. The summed E-state index contributed by atoms with van der Waals surface area (Å²) >= 11 is 9.24. The van der Waals surface area contributed by atoms with Crippen molar-refractivity contribution in [1.82, 2.24) is 0 Å². The van der Waals surface area contributed by atoms with Crippen molar-refractivity contribution in [2.75, 3.05) is 6.61 Å². The van der Waals surface area contributed by atoms with Gasteiger partial charge in [-0.1, -0.05) is 19.9 Å². The predicted molar refractivity (Wildman–Crippen MR) is 73.3 cm³/mol. The third kappa shape index (κ3) is 4.75. The molecular formula is C13H18BrClO. The van der Waals surface area contributed by atoms with Crippen molar-refractivity contribution in [2.24, 2.45) is 5.92 Å². The van der Waals surface area contributed by atoms with Gasteiger partial charge in [0.05, 0.1) is 11.1 Å². The van der Waals surface area contributed by atoms with Crippen LogP contribution in [0, 0.1) is 5.92 Å². The topological polar surface area (TPSA) is 9.23 Å². The Morgan fingerprint density at radius 3 is 2.69 bits per heavy atom. The fourth-order valence-corrected chi connectivity index (χ4v) is 2.13. The molecule has 0 saturated heterocycles. The first kappa shape index (κ1) is 13.9. The second-order valence-electron chi connectivity index (χ2n) is 4.28. The SMILES string of the molecule is CC(C)CCCOc1ccc(CCl)cc1Br. The summed E-state index contributed by atoms with van der Waals surface area (Å²) in [6, 6.07) is 5.97. The largest absolute Gasteiger partial charge is 0.492 e. The average Bonchev–Trinajstić information content (AvgIpc) is 2.25. The van der Waals surface area contributed by atoms with Gasteiger partial charge in [0.1, 0.15) is 5.75 Å². The minimum absolute atomic E-state index is 0.534. The molecule has 0 aliphatic heterocycles. The first-order valence-corrected chi connectivity index (χ1v) is 6.93. The van der Waals surface area contributed by atoms with E-state index in [1.807, 2.05) is 18.2 Å². The molecule has 0 bridgehead atoms. The average molecular weight is 306 g/mol. The molecular weight excluding hydrogens is 287 g/mol. The summed E-state index contributed by atoms with van der Waals surface area (Å²) in [7, 11) is 0. The Bertz CT molecular complexity index is 326. The van der Waals surface area contributed by atoms with Crippen LogP contribution >= 0.6 is 27.5 Å². The van der Waals surface area contributed by atoms with Crippen LogP contribution in [0.3, 0.4) is 0 Å². The van der Waals surface area contributed by atoms with E-state index in [0.29, 0.717) is 5.88 Å². The predicted octanol–water partition coefficient (Wildman–Crippen LogP) is 5.00. The molecule has 3 heteroatoms. The molecule has 0 heterocycles. The quantitative estimate of drug-likeness (QED) is 0.530. The van der Waals surface area contributed by atoms with Crippen LogP contribution in [0.15, 0.2) is 22.7 Å². The smallest absolute Gasteiger partial charge is 0.133 e. The molecule has 1 nitrogen and oxygen atoms in total. The second-order valence-corrected chi connectivity index (χ2v) is 5.40. The van der Waals surface area contributed by atoms with Gasteiger partial charge in [-0.05, 0) is 52.4 Å². The van der Waals surface area contributed by atoms with Gasteiger partial charge < -0.3 is 4.74 Å². The van der Waals surface area contributed by atoms with Crippen molar-refractivity contribution >= 4 is 27.5 Å². The van der Waals surface area contributed by atoms with Crippen LogP contribution in [0.5, 0.6) is 5.75 Å². The minimum atomic E-state index is 0.534. The Hall–Kier alpha value is -0.210. The lowest BCUT2D eigenvalue weighted by Crippen LogP contribution is -2.00. The first-order chi connectivity index (χ1) is 7.63. The van der Waals surface area contributed by atoms with E-state index in [1.165, 1.54) is 6.42 Å². The molecule has 90 valence electrons. The van der Waals surface area contributed by atoms with E-state index < -0.39 is 0 Å². The molecule has 1 aromatic carbocycles. The fraction of sp³-hybridized carbons (Fsp3) is 0.538. The highest BCUT2D eigenvalue weighted by Crippen LogP contribution is 2.26. The number of rotatable bonds is 6. The van der Waals surface area contributed by atoms with E-state index >= 15 is 0 Å². The molecule has 0 N–H and O–H groups in total. The molecule has 0 saturated carbocycles. The van der Waals surface area contributed by atoms with Gasteiger partial charge in [-0.25, -0.2) is 0 Å². The lowest BCUT2D eigenvalue weighted by atomic mass is 10.1. The van der Waals surface area contributed by atoms with Gasteiger partial charge in [-0.15, -0.1) is 11.6 Å². The molecule has 0 atom stereocenters. The number of hydrogen-bond acceptors (Lipinski definition) is 1. The van der Waals surface area contributed by atoms with Crippen LogP contribution in [0.2, 0.25) is 0 Å². The van der Waals surface area contributed by atoms with E-state index in [4.69, 9.17) is 16.3 Å². The standard InChI is InChI=1S/C13H18BrClO/c1-10(2)4-3-7-16-13-6-5-11(9-15)8-12(13)14/h5-6,8,10H,3-4,7,9H2,1-2H3. The molecule has 1 aromatic rings. The van der Waals surface area contributed by atoms with Crippen LogP contribution < -0.4 is 4.74 Å².